The minimum absolute atomic E-state index is 0.0988. The Balaban J connectivity index is 1.86. The van der Waals surface area contributed by atoms with Crippen molar-refractivity contribution < 1.29 is 9.45 Å². The van der Waals surface area contributed by atoms with E-state index < -0.39 is 0 Å². The van der Waals surface area contributed by atoms with Gasteiger partial charge in [-0.15, -0.1) is 0 Å². The molecule has 0 amide bonds. The average Bonchev–Trinajstić information content (AvgIpc) is 2.96. The molecule has 1 fully saturated rings. The van der Waals surface area contributed by atoms with Gasteiger partial charge in [0.25, 0.3) is 5.69 Å². The molecule has 23 heavy (non-hydrogen) atoms. The highest BCUT2D eigenvalue weighted by atomic mass is 16.6. The van der Waals surface area contributed by atoms with Crippen molar-refractivity contribution in [2.45, 2.75) is 45.6 Å². The number of nitro groups is 1. The lowest BCUT2D eigenvalue weighted by molar-refractivity contribution is -0.383. The van der Waals surface area contributed by atoms with Crippen LogP contribution >= 0.6 is 0 Å². The van der Waals surface area contributed by atoms with Crippen LogP contribution < -0.4 is 5.32 Å². The van der Waals surface area contributed by atoms with Crippen LogP contribution in [0.3, 0.4) is 0 Å². The van der Waals surface area contributed by atoms with E-state index in [0.717, 1.165) is 35.6 Å². The van der Waals surface area contributed by atoms with Gasteiger partial charge in [0.1, 0.15) is 12.0 Å². The zero-order chi connectivity index (χ0) is 16.4. The molecule has 122 valence electrons. The van der Waals surface area contributed by atoms with Crippen molar-refractivity contribution in [3.63, 3.8) is 0 Å². The molecular formula is C17H21N3O3. The quantitative estimate of drug-likeness (QED) is 0.661. The second kappa shape index (κ2) is 6.40. The highest BCUT2D eigenvalue weighted by Crippen LogP contribution is 2.34. The molecule has 1 saturated carbocycles. The minimum Gasteiger partial charge on any atom is -0.377 e. The number of nitrogens with zero attached hydrogens (tertiary/aromatic N) is 2. The monoisotopic (exact) mass is 315 g/mol. The first kappa shape index (κ1) is 15.5. The topological polar surface area (TPSA) is 81.2 Å². The number of hydrogen-bond donors (Lipinski definition) is 1. The third kappa shape index (κ3) is 3.36. The lowest BCUT2D eigenvalue weighted by atomic mass is 9.87. The van der Waals surface area contributed by atoms with E-state index in [1.165, 1.54) is 19.1 Å². The number of aromatic nitrogens is 1. The fourth-order valence-electron chi connectivity index (χ4n) is 3.17. The summed E-state index contributed by atoms with van der Waals surface area (Å²) >= 11 is 0. The van der Waals surface area contributed by atoms with Gasteiger partial charge in [-0.25, -0.2) is 0 Å². The van der Waals surface area contributed by atoms with Crippen molar-refractivity contribution in [2.75, 3.05) is 5.32 Å². The molecule has 2 aromatic rings. The zero-order valence-corrected chi connectivity index (χ0v) is 13.4. The van der Waals surface area contributed by atoms with Gasteiger partial charge in [0.05, 0.1) is 10.6 Å². The Bertz CT molecular complexity index is 703. The fraction of sp³-hybridized carbons (Fsp3) is 0.471. The largest absolute Gasteiger partial charge is 0.377 e. The minimum atomic E-state index is -0.333. The molecule has 6 nitrogen and oxygen atoms in total. The van der Waals surface area contributed by atoms with E-state index in [9.17, 15) is 10.1 Å². The maximum atomic E-state index is 11.4. The van der Waals surface area contributed by atoms with Crippen LogP contribution in [0.5, 0.6) is 0 Å². The number of benzene rings is 1. The van der Waals surface area contributed by atoms with Crippen molar-refractivity contribution in [2.24, 2.45) is 5.92 Å². The standard InChI is InChI=1S/C17H21N3O3/c1-11-3-6-14(7-4-11)18-16-8-5-13(9-17(16)20(21)22)15-10-23-19-12(15)2/h5,8-11,14,18H,3-4,6-7H2,1-2H3. The van der Waals surface area contributed by atoms with E-state index in [-0.39, 0.29) is 10.6 Å². The van der Waals surface area contributed by atoms with Gasteiger partial charge in [-0.1, -0.05) is 18.1 Å². The van der Waals surface area contributed by atoms with Gasteiger partial charge in [-0.3, -0.25) is 10.1 Å². The molecule has 0 aliphatic heterocycles. The van der Waals surface area contributed by atoms with E-state index in [0.29, 0.717) is 11.7 Å². The number of nitrogens with one attached hydrogen (secondary N) is 1. The highest BCUT2D eigenvalue weighted by Gasteiger charge is 2.22. The number of rotatable bonds is 4. The first-order valence-electron chi connectivity index (χ1n) is 8.01. The smallest absolute Gasteiger partial charge is 0.292 e. The van der Waals surface area contributed by atoms with E-state index in [2.05, 4.69) is 17.4 Å². The Kier molecular flexibility index (Phi) is 4.32. The van der Waals surface area contributed by atoms with Crippen LogP contribution in [0.25, 0.3) is 11.1 Å². The molecule has 3 rings (SSSR count). The normalized spacial score (nSPS) is 21.1. The molecule has 1 N–H and O–H groups in total. The van der Waals surface area contributed by atoms with Crippen LogP contribution in [0.1, 0.15) is 38.3 Å². The van der Waals surface area contributed by atoms with Gasteiger partial charge in [0, 0.05) is 17.7 Å². The van der Waals surface area contributed by atoms with Gasteiger partial charge in [-0.2, -0.15) is 0 Å². The average molecular weight is 315 g/mol. The van der Waals surface area contributed by atoms with Crippen LogP contribution in [0.4, 0.5) is 11.4 Å². The summed E-state index contributed by atoms with van der Waals surface area (Å²) < 4.78 is 4.93. The summed E-state index contributed by atoms with van der Waals surface area (Å²) in [4.78, 5) is 11.1. The molecule has 0 atom stereocenters. The predicted octanol–water partition coefficient (Wildman–Crippen LogP) is 4.55. The van der Waals surface area contributed by atoms with Gasteiger partial charge in [0.15, 0.2) is 0 Å². The van der Waals surface area contributed by atoms with Crippen molar-refractivity contribution >= 4 is 11.4 Å². The molecular weight excluding hydrogens is 294 g/mol. The molecule has 0 bridgehead atoms. The lowest BCUT2D eigenvalue weighted by Gasteiger charge is -2.27. The van der Waals surface area contributed by atoms with E-state index in [4.69, 9.17) is 4.52 Å². The molecule has 1 aliphatic rings. The summed E-state index contributed by atoms with van der Waals surface area (Å²) in [5.41, 5.74) is 2.94. The third-order valence-electron chi connectivity index (χ3n) is 4.63. The van der Waals surface area contributed by atoms with Crippen molar-refractivity contribution in [3.05, 3.63) is 40.3 Å². The molecule has 1 aliphatic carbocycles. The summed E-state index contributed by atoms with van der Waals surface area (Å²) in [6.45, 7) is 4.08. The van der Waals surface area contributed by atoms with Crippen LogP contribution in [-0.2, 0) is 0 Å². The van der Waals surface area contributed by atoms with Gasteiger partial charge in [0.2, 0.25) is 0 Å². The van der Waals surface area contributed by atoms with Crippen molar-refractivity contribution in [1.29, 1.82) is 0 Å². The predicted molar refractivity (Wildman–Crippen MR) is 88.4 cm³/mol. The van der Waals surface area contributed by atoms with Crippen LogP contribution in [0.2, 0.25) is 0 Å². The van der Waals surface area contributed by atoms with E-state index in [1.807, 2.05) is 13.0 Å². The third-order valence-corrected chi connectivity index (χ3v) is 4.63. The van der Waals surface area contributed by atoms with E-state index >= 15 is 0 Å². The Morgan fingerprint density at radius 1 is 1.30 bits per heavy atom. The first-order chi connectivity index (χ1) is 11.0. The molecule has 0 spiro atoms. The number of hydrogen-bond acceptors (Lipinski definition) is 5. The first-order valence-corrected chi connectivity index (χ1v) is 8.01. The summed E-state index contributed by atoms with van der Waals surface area (Å²) in [6.07, 6.45) is 5.98. The van der Waals surface area contributed by atoms with Crippen LogP contribution in [-0.4, -0.2) is 16.1 Å². The number of aryl methyl sites for hydroxylation is 1. The second-order valence-corrected chi connectivity index (χ2v) is 6.40. The Hall–Kier alpha value is -2.37. The Morgan fingerprint density at radius 3 is 2.65 bits per heavy atom. The Labute approximate surface area is 135 Å². The summed E-state index contributed by atoms with van der Waals surface area (Å²) in [5.74, 6) is 0.752. The summed E-state index contributed by atoms with van der Waals surface area (Å²) in [7, 11) is 0. The molecule has 1 aromatic carbocycles. The molecule has 0 unspecified atom stereocenters. The summed E-state index contributed by atoms with van der Waals surface area (Å²) in [5, 5.41) is 18.6. The second-order valence-electron chi connectivity index (χ2n) is 6.40. The van der Waals surface area contributed by atoms with Gasteiger partial charge >= 0.3 is 0 Å². The number of anilines is 1. The van der Waals surface area contributed by atoms with Crippen LogP contribution in [0, 0.1) is 23.0 Å². The van der Waals surface area contributed by atoms with Crippen molar-refractivity contribution in [1.82, 2.24) is 5.16 Å². The highest BCUT2D eigenvalue weighted by molar-refractivity contribution is 5.74. The maximum absolute atomic E-state index is 11.4. The Morgan fingerprint density at radius 2 is 2.04 bits per heavy atom. The lowest BCUT2D eigenvalue weighted by Crippen LogP contribution is -2.25. The SMILES string of the molecule is Cc1nocc1-c1ccc(NC2CCC(C)CC2)c([N+](=O)[O-])c1. The maximum Gasteiger partial charge on any atom is 0.292 e. The van der Waals surface area contributed by atoms with Crippen LogP contribution in [0.15, 0.2) is 29.0 Å². The van der Waals surface area contributed by atoms with Crippen molar-refractivity contribution in [3.8, 4) is 11.1 Å². The van der Waals surface area contributed by atoms with Gasteiger partial charge in [-0.05, 0) is 50.2 Å². The zero-order valence-electron chi connectivity index (χ0n) is 13.4. The molecule has 1 heterocycles. The van der Waals surface area contributed by atoms with E-state index in [1.54, 1.807) is 12.1 Å². The number of nitro benzene ring substituents is 1. The summed E-state index contributed by atoms with van der Waals surface area (Å²) in [6, 6.07) is 5.57. The molecule has 0 saturated heterocycles. The fourth-order valence-corrected chi connectivity index (χ4v) is 3.17. The molecule has 6 heteroatoms. The van der Waals surface area contributed by atoms with Gasteiger partial charge < -0.3 is 9.84 Å². The molecule has 0 radical (unpaired) electrons. The molecule has 1 aromatic heterocycles.